The van der Waals surface area contributed by atoms with Gasteiger partial charge in [-0.25, -0.2) is 0 Å². The van der Waals surface area contributed by atoms with Crippen LogP contribution >= 0.6 is 0 Å². The average Bonchev–Trinajstić information content (AvgIpc) is 2.10. The van der Waals surface area contributed by atoms with E-state index in [2.05, 4.69) is 26.1 Å². The molecule has 0 spiro atoms. The van der Waals surface area contributed by atoms with Gasteiger partial charge in [-0.3, -0.25) is 0 Å². The molecule has 11 heavy (non-hydrogen) atoms. The van der Waals surface area contributed by atoms with E-state index >= 15 is 0 Å². The number of nitrogens with one attached hydrogen (secondary N) is 1. The fourth-order valence-electron chi connectivity index (χ4n) is 1.70. The van der Waals surface area contributed by atoms with E-state index in [0.717, 1.165) is 19.3 Å². The molecule has 1 rings (SSSR count). The SMILES string of the molecule is CC(C)(C)NC1CCC(O)C1. The quantitative estimate of drug-likeness (QED) is 0.601. The molecule has 0 aromatic carbocycles. The number of hydrogen-bond acceptors (Lipinski definition) is 2. The zero-order valence-electron chi connectivity index (χ0n) is 7.72. The molecule has 0 aliphatic heterocycles. The molecule has 0 amide bonds. The molecule has 2 unspecified atom stereocenters. The van der Waals surface area contributed by atoms with Gasteiger partial charge in [0.25, 0.3) is 0 Å². The molecule has 1 saturated carbocycles. The van der Waals surface area contributed by atoms with Crippen molar-refractivity contribution < 1.29 is 5.11 Å². The molecule has 1 fully saturated rings. The molecule has 2 heteroatoms. The van der Waals surface area contributed by atoms with Crippen molar-refractivity contribution in [1.29, 1.82) is 0 Å². The average molecular weight is 157 g/mol. The second-order valence-electron chi connectivity index (χ2n) is 4.56. The first-order valence-electron chi connectivity index (χ1n) is 4.43. The van der Waals surface area contributed by atoms with Crippen molar-refractivity contribution in [2.24, 2.45) is 0 Å². The highest BCUT2D eigenvalue weighted by molar-refractivity contribution is 4.85. The number of aliphatic hydroxyl groups is 1. The Labute approximate surface area is 69.0 Å². The molecule has 0 heterocycles. The summed E-state index contributed by atoms with van der Waals surface area (Å²) in [5, 5.41) is 12.7. The third kappa shape index (κ3) is 3.21. The van der Waals surface area contributed by atoms with Crippen LogP contribution in [0, 0.1) is 0 Å². The Hall–Kier alpha value is -0.0800. The van der Waals surface area contributed by atoms with Crippen LogP contribution in [0.3, 0.4) is 0 Å². The topological polar surface area (TPSA) is 32.3 Å². The Morgan fingerprint density at radius 3 is 2.27 bits per heavy atom. The van der Waals surface area contributed by atoms with Gasteiger partial charge in [0, 0.05) is 11.6 Å². The van der Waals surface area contributed by atoms with E-state index in [4.69, 9.17) is 0 Å². The molecular weight excluding hydrogens is 138 g/mol. The predicted octanol–water partition coefficient (Wildman–Crippen LogP) is 1.29. The van der Waals surface area contributed by atoms with Crippen LogP contribution in [0.25, 0.3) is 0 Å². The molecule has 1 aliphatic carbocycles. The van der Waals surface area contributed by atoms with Crippen LogP contribution in [0.4, 0.5) is 0 Å². The van der Waals surface area contributed by atoms with Gasteiger partial charge < -0.3 is 10.4 Å². The van der Waals surface area contributed by atoms with Crippen molar-refractivity contribution in [3.8, 4) is 0 Å². The molecule has 66 valence electrons. The molecular formula is C9H19NO. The van der Waals surface area contributed by atoms with Crippen molar-refractivity contribution in [3.05, 3.63) is 0 Å². The van der Waals surface area contributed by atoms with Crippen LogP contribution in [-0.2, 0) is 0 Å². The standard InChI is InChI=1S/C9H19NO/c1-9(2,3)10-7-4-5-8(11)6-7/h7-8,10-11H,4-6H2,1-3H3. The van der Waals surface area contributed by atoms with Crippen LogP contribution in [0.1, 0.15) is 40.0 Å². The summed E-state index contributed by atoms with van der Waals surface area (Å²) in [6.07, 6.45) is 2.96. The summed E-state index contributed by atoms with van der Waals surface area (Å²) < 4.78 is 0. The molecule has 1 aliphatic rings. The summed E-state index contributed by atoms with van der Waals surface area (Å²) in [5.41, 5.74) is 0.189. The Morgan fingerprint density at radius 2 is 1.91 bits per heavy atom. The Bertz CT molecular complexity index is 128. The van der Waals surface area contributed by atoms with Gasteiger partial charge >= 0.3 is 0 Å². The summed E-state index contributed by atoms with van der Waals surface area (Å²) >= 11 is 0. The second-order valence-corrected chi connectivity index (χ2v) is 4.56. The van der Waals surface area contributed by atoms with Gasteiger partial charge in [-0.2, -0.15) is 0 Å². The minimum absolute atomic E-state index is 0.0603. The Balaban J connectivity index is 2.29. The predicted molar refractivity (Wildman–Crippen MR) is 46.5 cm³/mol. The number of aliphatic hydroxyl groups excluding tert-OH is 1. The fourth-order valence-corrected chi connectivity index (χ4v) is 1.70. The van der Waals surface area contributed by atoms with Crippen molar-refractivity contribution in [1.82, 2.24) is 5.32 Å². The number of rotatable bonds is 1. The van der Waals surface area contributed by atoms with Gasteiger partial charge in [0.05, 0.1) is 6.10 Å². The highest BCUT2D eigenvalue weighted by Crippen LogP contribution is 2.20. The molecule has 2 nitrogen and oxygen atoms in total. The van der Waals surface area contributed by atoms with Gasteiger partial charge in [-0.05, 0) is 40.0 Å². The highest BCUT2D eigenvalue weighted by atomic mass is 16.3. The van der Waals surface area contributed by atoms with Crippen molar-refractivity contribution >= 4 is 0 Å². The maximum Gasteiger partial charge on any atom is 0.0555 e. The molecule has 2 N–H and O–H groups in total. The molecule has 0 saturated heterocycles. The lowest BCUT2D eigenvalue weighted by Crippen LogP contribution is -2.42. The maximum atomic E-state index is 9.26. The van der Waals surface area contributed by atoms with E-state index in [1.165, 1.54) is 0 Å². The lowest BCUT2D eigenvalue weighted by atomic mass is 10.1. The van der Waals surface area contributed by atoms with Gasteiger partial charge in [0.1, 0.15) is 0 Å². The Morgan fingerprint density at radius 1 is 1.27 bits per heavy atom. The van der Waals surface area contributed by atoms with Crippen LogP contribution in [-0.4, -0.2) is 22.8 Å². The van der Waals surface area contributed by atoms with Gasteiger partial charge in [-0.1, -0.05) is 0 Å². The zero-order chi connectivity index (χ0) is 8.48. The van der Waals surface area contributed by atoms with E-state index < -0.39 is 0 Å². The summed E-state index contributed by atoms with van der Waals surface area (Å²) in [4.78, 5) is 0. The lowest BCUT2D eigenvalue weighted by Gasteiger charge is -2.25. The molecule has 0 bridgehead atoms. The van der Waals surface area contributed by atoms with Crippen molar-refractivity contribution in [2.75, 3.05) is 0 Å². The normalized spacial score (nSPS) is 32.7. The van der Waals surface area contributed by atoms with Crippen LogP contribution in [0.15, 0.2) is 0 Å². The van der Waals surface area contributed by atoms with Crippen molar-refractivity contribution in [2.45, 2.75) is 57.7 Å². The van der Waals surface area contributed by atoms with Gasteiger partial charge in [0.15, 0.2) is 0 Å². The molecule has 0 aromatic rings. The highest BCUT2D eigenvalue weighted by Gasteiger charge is 2.25. The summed E-state index contributed by atoms with van der Waals surface area (Å²) in [6, 6.07) is 0.532. The van der Waals surface area contributed by atoms with Gasteiger partial charge in [-0.15, -0.1) is 0 Å². The fraction of sp³-hybridized carbons (Fsp3) is 1.00. The molecule has 0 radical (unpaired) electrons. The minimum Gasteiger partial charge on any atom is -0.393 e. The van der Waals surface area contributed by atoms with Crippen LogP contribution in [0.5, 0.6) is 0 Å². The smallest absolute Gasteiger partial charge is 0.0555 e. The van der Waals surface area contributed by atoms with Gasteiger partial charge in [0.2, 0.25) is 0 Å². The first kappa shape index (κ1) is 9.01. The first-order chi connectivity index (χ1) is 4.97. The van der Waals surface area contributed by atoms with E-state index in [9.17, 15) is 5.11 Å². The van der Waals surface area contributed by atoms with Crippen LogP contribution in [0.2, 0.25) is 0 Å². The van der Waals surface area contributed by atoms with E-state index in [-0.39, 0.29) is 11.6 Å². The third-order valence-corrected chi connectivity index (χ3v) is 2.04. The first-order valence-corrected chi connectivity index (χ1v) is 4.43. The van der Waals surface area contributed by atoms with E-state index in [0.29, 0.717) is 6.04 Å². The summed E-state index contributed by atoms with van der Waals surface area (Å²) in [6.45, 7) is 6.49. The molecule has 2 atom stereocenters. The van der Waals surface area contributed by atoms with E-state index in [1.807, 2.05) is 0 Å². The minimum atomic E-state index is -0.0603. The summed E-state index contributed by atoms with van der Waals surface area (Å²) in [7, 11) is 0. The number of hydrogen-bond donors (Lipinski definition) is 2. The lowest BCUT2D eigenvalue weighted by molar-refractivity contribution is 0.177. The van der Waals surface area contributed by atoms with Crippen molar-refractivity contribution in [3.63, 3.8) is 0 Å². The second kappa shape index (κ2) is 3.11. The monoisotopic (exact) mass is 157 g/mol. The summed E-state index contributed by atoms with van der Waals surface area (Å²) in [5.74, 6) is 0. The van der Waals surface area contributed by atoms with Crippen LogP contribution < -0.4 is 5.32 Å². The third-order valence-electron chi connectivity index (χ3n) is 2.04. The zero-order valence-corrected chi connectivity index (χ0v) is 7.72. The molecule has 0 aromatic heterocycles. The van der Waals surface area contributed by atoms with E-state index in [1.54, 1.807) is 0 Å². The largest absolute Gasteiger partial charge is 0.393 e. The maximum absolute atomic E-state index is 9.26. The Kier molecular flexibility index (Phi) is 2.55.